The Labute approximate surface area is 117 Å². The van der Waals surface area contributed by atoms with Crippen LogP contribution in [0.4, 0.5) is 0 Å². The lowest BCUT2D eigenvalue weighted by atomic mass is 9.92. The summed E-state index contributed by atoms with van der Waals surface area (Å²) >= 11 is 5.90. The summed E-state index contributed by atoms with van der Waals surface area (Å²) in [5, 5.41) is 13.2. The van der Waals surface area contributed by atoms with Gasteiger partial charge in [0.2, 0.25) is 0 Å². The van der Waals surface area contributed by atoms with E-state index in [1.165, 1.54) is 7.11 Å². The Balaban J connectivity index is 2.13. The van der Waals surface area contributed by atoms with Gasteiger partial charge in [0.1, 0.15) is 5.75 Å². The van der Waals surface area contributed by atoms with Gasteiger partial charge in [0, 0.05) is 5.02 Å². The van der Waals surface area contributed by atoms with Crippen molar-refractivity contribution in [3.8, 4) is 5.75 Å². The molecule has 1 fully saturated rings. The lowest BCUT2D eigenvalue weighted by molar-refractivity contribution is 0.0715. The fraction of sp³-hybridized carbons (Fsp3) is 0.500. The van der Waals surface area contributed by atoms with Crippen molar-refractivity contribution in [2.45, 2.75) is 37.8 Å². The molecule has 0 unspecified atom stereocenters. The molecule has 19 heavy (non-hydrogen) atoms. The van der Waals surface area contributed by atoms with E-state index in [2.05, 4.69) is 5.32 Å². The van der Waals surface area contributed by atoms with E-state index in [1.54, 1.807) is 18.2 Å². The number of nitrogens with one attached hydrogen (secondary N) is 1. The first-order chi connectivity index (χ1) is 9.11. The van der Waals surface area contributed by atoms with Crippen molar-refractivity contribution >= 4 is 17.5 Å². The maximum atomic E-state index is 12.2. The van der Waals surface area contributed by atoms with Crippen LogP contribution in [0.1, 0.15) is 36.0 Å². The highest BCUT2D eigenvalue weighted by molar-refractivity contribution is 6.31. The minimum Gasteiger partial charge on any atom is -0.496 e. The number of hydrogen-bond donors (Lipinski definition) is 2. The molecule has 1 aliphatic rings. The number of rotatable bonds is 3. The van der Waals surface area contributed by atoms with Crippen LogP contribution in [0.15, 0.2) is 18.2 Å². The van der Waals surface area contributed by atoms with E-state index in [4.69, 9.17) is 16.3 Å². The summed E-state index contributed by atoms with van der Waals surface area (Å²) in [6.45, 7) is 0. The summed E-state index contributed by atoms with van der Waals surface area (Å²) in [5.74, 6) is 0.220. The van der Waals surface area contributed by atoms with E-state index in [0.717, 1.165) is 25.7 Å². The molecule has 2 atom stereocenters. The number of benzene rings is 1. The molecule has 0 spiro atoms. The molecule has 1 amide bonds. The van der Waals surface area contributed by atoms with Crippen LogP contribution in [0.25, 0.3) is 0 Å². The van der Waals surface area contributed by atoms with E-state index >= 15 is 0 Å². The highest BCUT2D eigenvalue weighted by Gasteiger charge is 2.25. The Morgan fingerprint density at radius 1 is 1.42 bits per heavy atom. The number of hydrogen-bond acceptors (Lipinski definition) is 3. The molecule has 2 rings (SSSR count). The minimum atomic E-state index is -0.470. The summed E-state index contributed by atoms with van der Waals surface area (Å²) in [4.78, 5) is 12.2. The zero-order chi connectivity index (χ0) is 13.8. The van der Waals surface area contributed by atoms with E-state index in [0.29, 0.717) is 16.3 Å². The number of halogens is 1. The Bertz CT molecular complexity index is 464. The van der Waals surface area contributed by atoms with Gasteiger partial charge in [-0.3, -0.25) is 4.79 Å². The summed E-state index contributed by atoms with van der Waals surface area (Å²) in [6, 6.07) is 4.72. The van der Waals surface area contributed by atoms with Gasteiger partial charge < -0.3 is 15.2 Å². The standard InChI is InChI=1S/C14H18ClNO3/c1-19-13-7-6-9(15)8-10(13)14(18)16-11-4-2-3-5-12(11)17/h6-8,11-12,17H,2-5H2,1H3,(H,16,18)/t11-,12-/m0/s1. The third kappa shape index (κ3) is 3.39. The van der Waals surface area contributed by atoms with E-state index in [-0.39, 0.29) is 11.9 Å². The maximum Gasteiger partial charge on any atom is 0.255 e. The Morgan fingerprint density at radius 3 is 2.84 bits per heavy atom. The molecule has 4 nitrogen and oxygen atoms in total. The van der Waals surface area contributed by atoms with Crippen LogP contribution in [-0.2, 0) is 0 Å². The fourth-order valence-corrected chi connectivity index (χ4v) is 2.56. The van der Waals surface area contributed by atoms with Gasteiger partial charge in [-0.05, 0) is 31.0 Å². The largest absolute Gasteiger partial charge is 0.496 e. The summed E-state index contributed by atoms with van der Waals surface area (Å²) < 4.78 is 5.16. The molecule has 0 radical (unpaired) electrons. The Morgan fingerprint density at radius 2 is 2.16 bits per heavy atom. The highest BCUT2D eigenvalue weighted by atomic mass is 35.5. The van der Waals surface area contributed by atoms with Crippen molar-refractivity contribution in [3.05, 3.63) is 28.8 Å². The zero-order valence-corrected chi connectivity index (χ0v) is 11.6. The Hall–Kier alpha value is -1.26. The molecule has 0 heterocycles. The molecule has 1 aromatic rings. The van der Waals surface area contributed by atoms with Gasteiger partial charge in [0.25, 0.3) is 5.91 Å². The molecule has 0 aliphatic heterocycles. The van der Waals surface area contributed by atoms with E-state index < -0.39 is 6.10 Å². The van der Waals surface area contributed by atoms with Crippen molar-refractivity contribution < 1.29 is 14.6 Å². The second kappa shape index (κ2) is 6.26. The molecule has 1 saturated carbocycles. The number of ether oxygens (including phenoxy) is 1. The second-order valence-electron chi connectivity index (χ2n) is 4.78. The number of amides is 1. The number of carbonyl (C=O) groups is 1. The molecule has 5 heteroatoms. The van der Waals surface area contributed by atoms with Crippen molar-refractivity contribution in [3.63, 3.8) is 0 Å². The molecule has 1 aromatic carbocycles. The topological polar surface area (TPSA) is 58.6 Å². The maximum absolute atomic E-state index is 12.2. The fourth-order valence-electron chi connectivity index (χ4n) is 2.38. The van der Waals surface area contributed by atoms with E-state index in [9.17, 15) is 9.90 Å². The van der Waals surface area contributed by atoms with Crippen LogP contribution >= 0.6 is 11.6 Å². The van der Waals surface area contributed by atoms with Crippen LogP contribution in [0.3, 0.4) is 0 Å². The lowest BCUT2D eigenvalue weighted by Gasteiger charge is -2.28. The first-order valence-corrected chi connectivity index (χ1v) is 6.82. The van der Waals surface area contributed by atoms with Crippen LogP contribution in [0, 0.1) is 0 Å². The number of carbonyl (C=O) groups excluding carboxylic acids is 1. The third-order valence-corrected chi connectivity index (χ3v) is 3.69. The van der Waals surface area contributed by atoms with Gasteiger partial charge in [0.05, 0.1) is 24.8 Å². The minimum absolute atomic E-state index is 0.190. The van der Waals surface area contributed by atoms with Gasteiger partial charge in [-0.1, -0.05) is 24.4 Å². The predicted octanol–water partition coefficient (Wildman–Crippen LogP) is 2.38. The number of aliphatic hydroxyl groups excluding tert-OH is 1. The average Bonchev–Trinajstić information content (AvgIpc) is 2.41. The zero-order valence-electron chi connectivity index (χ0n) is 10.9. The second-order valence-corrected chi connectivity index (χ2v) is 5.21. The predicted molar refractivity (Wildman–Crippen MR) is 73.7 cm³/mol. The number of aliphatic hydroxyl groups is 1. The third-order valence-electron chi connectivity index (χ3n) is 3.45. The quantitative estimate of drug-likeness (QED) is 0.895. The SMILES string of the molecule is COc1ccc(Cl)cc1C(=O)N[C@H]1CCCC[C@@H]1O. The summed E-state index contributed by atoms with van der Waals surface area (Å²) in [6.07, 6.45) is 3.10. The smallest absolute Gasteiger partial charge is 0.255 e. The van der Waals surface area contributed by atoms with Crippen LogP contribution in [-0.4, -0.2) is 30.3 Å². The number of methoxy groups -OCH3 is 1. The molecular weight excluding hydrogens is 266 g/mol. The summed E-state index contributed by atoms with van der Waals surface area (Å²) in [5.41, 5.74) is 0.396. The Kier molecular flexibility index (Phi) is 4.66. The lowest BCUT2D eigenvalue weighted by Crippen LogP contribution is -2.45. The first kappa shape index (κ1) is 14.2. The van der Waals surface area contributed by atoms with Gasteiger partial charge in [-0.2, -0.15) is 0 Å². The van der Waals surface area contributed by atoms with Gasteiger partial charge in [-0.25, -0.2) is 0 Å². The average molecular weight is 284 g/mol. The van der Waals surface area contributed by atoms with Crippen LogP contribution in [0.2, 0.25) is 5.02 Å². The highest BCUT2D eigenvalue weighted by Crippen LogP contribution is 2.24. The first-order valence-electron chi connectivity index (χ1n) is 6.44. The van der Waals surface area contributed by atoms with Gasteiger partial charge in [0.15, 0.2) is 0 Å². The van der Waals surface area contributed by atoms with Crippen molar-refractivity contribution in [2.75, 3.05) is 7.11 Å². The summed E-state index contributed by atoms with van der Waals surface area (Å²) in [7, 11) is 1.51. The molecule has 0 saturated heterocycles. The van der Waals surface area contributed by atoms with E-state index in [1.807, 2.05) is 0 Å². The molecular formula is C14H18ClNO3. The van der Waals surface area contributed by atoms with Gasteiger partial charge >= 0.3 is 0 Å². The molecule has 2 N–H and O–H groups in total. The monoisotopic (exact) mass is 283 g/mol. The van der Waals surface area contributed by atoms with Crippen molar-refractivity contribution in [1.29, 1.82) is 0 Å². The van der Waals surface area contributed by atoms with Crippen LogP contribution < -0.4 is 10.1 Å². The normalized spacial score (nSPS) is 22.9. The molecule has 0 aromatic heterocycles. The van der Waals surface area contributed by atoms with Gasteiger partial charge in [-0.15, -0.1) is 0 Å². The molecule has 104 valence electrons. The van der Waals surface area contributed by atoms with Crippen molar-refractivity contribution in [1.82, 2.24) is 5.32 Å². The molecule has 0 bridgehead atoms. The van der Waals surface area contributed by atoms with Crippen LogP contribution in [0.5, 0.6) is 5.75 Å². The molecule has 1 aliphatic carbocycles. The van der Waals surface area contributed by atoms with Crippen molar-refractivity contribution in [2.24, 2.45) is 0 Å².